The summed E-state index contributed by atoms with van der Waals surface area (Å²) in [6.07, 6.45) is 1.36. The van der Waals surface area contributed by atoms with Crippen LogP contribution in [0.2, 0.25) is 5.02 Å². The largest absolute Gasteiger partial charge is 0.372 e. The van der Waals surface area contributed by atoms with Crippen molar-refractivity contribution in [1.29, 1.82) is 0 Å². The second-order valence-corrected chi connectivity index (χ2v) is 5.39. The quantitative estimate of drug-likeness (QED) is 0.915. The van der Waals surface area contributed by atoms with Crippen LogP contribution in [-0.2, 0) is 11.2 Å². The number of hydrogen-bond donors (Lipinski definition) is 1. The number of nitrogens with two attached hydrogens (primary N) is 1. The fourth-order valence-corrected chi connectivity index (χ4v) is 2.83. The first-order valence-electron chi connectivity index (χ1n) is 6.49. The fourth-order valence-electron chi connectivity index (χ4n) is 2.50. The number of hydrogen-bond acceptors (Lipinski definition) is 3. The Morgan fingerprint density at radius 1 is 1.33 bits per heavy atom. The molecular weight excluding hydrogens is 248 g/mol. The molecule has 0 amide bonds. The number of halogens is 1. The van der Waals surface area contributed by atoms with E-state index in [4.69, 9.17) is 22.1 Å². The van der Waals surface area contributed by atoms with Crippen molar-refractivity contribution < 1.29 is 4.74 Å². The van der Waals surface area contributed by atoms with Crippen LogP contribution in [0.5, 0.6) is 0 Å². The smallest absolute Gasteiger partial charge is 0.0726 e. The van der Waals surface area contributed by atoms with Crippen molar-refractivity contribution >= 4 is 17.3 Å². The molecule has 0 radical (unpaired) electrons. The Labute approximate surface area is 114 Å². The molecule has 1 aromatic rings. The van der Waals surface area contributed by atoms with Gasteiger partial charge in [-0.2, -0.15) is 0 Å². The molecule has 100 valence electrons. The SMILES string of the molecule is C[C@@H]1CN(c2ccc(CCN)cc2Cl)C[C@H](C)O1. The minimum atomic E-state index is 0.244. The van der Waals surface area contributed by atoms with Gasteiger partial charge in [0, 0.05) is 13.1 Å². The normalized spacial score (nSPS) is 24.3. The number of benzene rings is 1. The first-order valence-corrected chi connectivity index (χ1v) is 6.87. The lowest BCUT2D eigenvalue weighted by Gasteiger charge is -2.37. The zero-order chi connectivity index (χ0) is 13.1. The van der Waals surface area contributed by atoms with E-state index >= 15 is 0 Å². The number of ether oxygens (including phenoxy) is 1. The van der Waals surface area contributed by atoms with Crippen LogP contribution in [0.15, 0.2) is 18.2 Å². The summed E-state index contributed by atoms with van der Waals surface area (Å²) in [6, 6.07) is 6.23. The van der Waals surface area contributed by atoms with Gasteiger partial charge < -0.3 is 15.4 Å². The van der Waals surface area contributed by atoms with E-state index in [1.165, 1.54) is 5.56 Å². The summed E-state index contributed by atoms with van der Waals surface area (Å²) in [5, 5.41) is 0.808. The number of morpholine rings is 1. The second kappa shape index (κ2) is 5.91. The molecule has 0 unspecified atom stereocenters. The molecule has 2 rings (SSSR count). The van der Waals surface area contributed by atoms with E-state index in [-0.39, 0.29) is 12.2 Å². The molecule has 4 heteroatoms. The molecule has 2 atom stereocenters. The maximum absolute atomic E-state index is 6.37. The summed E-state index contributed by atoms with van der Waals surface area (Å²) >= 11 is 6.37. The average Bonchev–Trinajstić information content (AvgIpc) is 2.28. The maximum atomic E-state index is 6.37. The standard InChI is InChI=1S/C14H21ClN2O/c1-10-8-17(9-11(2)18-10)14-4-3-12(5-6-16)7-13(14)15/h3-4,7,10-11H,5-6,8-9,16H2,1-2H3/t10-,11+. The maximum Gasteiger partial charge on any atom is 0.0726 e. The molecule has 0 bridgehead atoms. The van der Waals surface area contributed by atoms with E-state index in [0.29, 0.717) is 6.54 Å². The van der Waals surface area contributed by atoms with Crippen LogP contribution < -0.4 is 10.6 Å². The first kappa shape index (κ1) is 13.7. The predicted octanol–water partition coefficient (Wildman–Crippen LogP) is 2.45. The summed E-state index contributed by atoms with van der Waals surface area (Å²) in [6.45, 7) is 6.63. The Bertz CT molecular complexity index is 401. The highest BCUT2D eigenvalue weighted by molar-refractivity contribution is 6.33. The Kier molecular flexibility index (Phi) is 4.49. The molecule has 0 spiro atoms. The van der Waals surface area contributed by atoms with E-state index < -0.39 is 0 Å². The topological polar surface area (TPSA) is 38.5 Å². The molecule has 18 heavy (non-hydrogen) atoms. The van der Waals surface area contributed by atoms with Gasteiger partial charge in [-0.05, 0) is 44.5 Å². The van der Waals surface area contributed by atoms with Crippen molar-refractivity contribution in [2.75, 3.05) is 24.5 Å². The average molecular weight is 269 g/mol. The molecular formula is C14H21ClN2O. The van der Waals surface area contributed by atoms with Crippen LogP contribution in [0.25, 0.3) is 0 Å². The molecule has 2 N–H and O–H groups in total. The lowest BCUT2D eigenvalue weighted by atomic mass is 10.1. The zero-order valence-corrected chi connectivity index (χ0v) is 11.8. The Morgan fingerprint density at radius 2 is 2.00 bits per heavy atom. The van der Waals surface area contributed by atoms with E-state index in [0.717, 1.165) is 30.2 Å². The Morgan fingerprint density at radius 3 is 2.56 bits per heavy atom. The van der Waals surface area contributed by atoms with Gasteiger partial charge in [0.05, 0.1) is 22.9 Å². The van der Waals surface area contributed by atoms with Crippen molar-refractivity contribution in [1.82, 2.24) is 0 Å². The molecule has 1 saturated heterocycles. The molecule has 1 aromatic carbocycles. The van der Waals surface area contributed by atoms with Crippen LogP contribution in [-0.4, -0.2) is 31.8 Å². The summed E-state index contributed by atoms with van der Waals surface area (Å²) in [4.78, 5) is 2.30. The first-order chi connectivity index (χ1) is 8.60. The highest BCUT2D eigenvalue weighted by atomic mass is 35.5. The van der Waals surface area contributed by atoms with Crippen molar-refractivity contribution in [3.63, 3.8) is 0 Å². The minimum Gasteiger partial charge on any atom is -0.372 e. The van der Waals surface area contributed by atoms with Gasteiger partial charge in [-0.3, -0.25) is 0 Å². The molecule has 3 nitrogen and oxygen atoms in total. The van der Waals surface area contributed by atoms with E-state index in [2.05, 4.69) is 30.9 Å². The molecule has 1 aliphatic rings. The molecule has 0 aliphatic carbocycles. The molecule has 1 aliphatic heterocycles. The van der Waals surface area contributed by atoms with Gasteiger partial charge >= 0.3 is 0 Å². The van der Waals surface area contributed by atoms with Gasteiger partial charge in [0.1, 0.15) is 0 Å². The van der Waals surface area contributed by atoms with Crippen molar-refractivity contribution in [3.8, 4) is 0 Å². The van der Waals surface area contributed by atoms with Gasteiger partial charge in [-0.1, -0.05) is 17.7 Å². The van der Waals surface area contributed by atoms with Gasteiger partial charge in [0.25, 0.3) is 0 Å². The van der Waals surface area contributed by atoms with Crippen molar-refractivity contribution in [3.05, 3.63) is 28.8 Å². The predicted molar refractivity (Wildman–Crippen MR) is 76.4 cm³/mol. The van der Waals surface area contributed by atoms with Crippen molar-refractivity contribution in [2.45, 2.75) is 32.5 Å². The second-order valence-electron chi connectivity index (χ2n) is 4.99. The van der Waals surface area contributed by atoms with Crippen LogP contribution in [0.1, 0.15) is 19.4 Å². The number of rotatable bonds is 3. The molecule has 1 fully saturated rings. The lowest BCUT2D eigenvalue weighted by molar-refractivity contribution is -0.00520. The van der Waals surface area contributed by atoms with Gasteiger partial charge in [0.2, 0.25) is 0 Å². The van der Waals surface area contributed by atoms with Gasteiger partial charge in [-0.25, -0.2) is 0 Å². The highest BCUT2D eigenvalue weighted by Gasteiger charge is 2.23. The van der Waals surface area contributed by atoms with Crippen LogP contribution in [0.4, 0.5) is 5.69 Å². The van der Waals surface area contributed by atoms with E-state index in [1.54, 1.807) is 0 Å². The minimum absolute atomic E-state index is 0.244. The lowest BCUT2D eigenvalue weighted by Crippen LogP contribution is -2.45. The van der Waals surface area contributed by atoms with Gasteiger partial charge in [0.15, 0.2) is 0 Å². The molecule has 0 saturated carbocycles. The number of anilines is 1. The van der Waals surface area contributed by atoms with E-state index in [1.807, 2.05) is 6.07 Å². The van der Waals surface area contributed by atoms with Crippen molar-refractivity contribution in [2.24, 2.45) is 5.73 Å². The Balaban J connectivity index is 2.17. The zero-order valence-electron chi connectivity index (χ0n) is 11.0. The summed E-state index contributed by atoms with van der Waals surface area (Å²) < 4.78 is 5.74. The highest BCUT2D eigenvalue weighted by Crippen LogP contribution is 2.29. The molecule has 1 heterocycles. The third-order valence-electron chi connectivity index (χ3n) is 3.21. The van der Waals surface area contributed by atoms with E-state index in [9.17, 15) is 0 Å². The molecule has 0 aromatic heterocycles. The fraction of sp³-hybridized carbons (Fsp3) is 0.571. The van der Waals surface area contributed by atoms with Crippen LogP contribution in [0.3, 0.4) is 0 Å². The van der Waals surface area contributed by atoms with Crippen LogP contribution >= 0.6 is 11.6 Å². The van der Waals surface area contributed by atoms with Gasteiger partial charge in [-0.15, -0.1) is 0 Å². The third kappa shape index (κ3) is 3.16. The summed E-state index contributed by atoms with van der Waals surface area (Å²) in [5.41, 5.74) is 7.85. The summed E-state index contributed by atoms with van der Waals surface area (Å²) in [5.74, 6) is 0. The Hall–Kier alpha value is -0.770. The van der Waals surface area contributed by atoms with Crippen LogP contribution in [0, 0.1) is 0 Å². The summed E-state index contributed by atoms with van der Waals surface area (Å²) in [7, 11) is 0. The monoisotopic (exact) mass is 268 g/mol. The number of nitrogens with zero attached hydrogens (tertiary/aromatic N) is 1. The third-order valence-corrected chi connectivity index (χ3v) is 3.51.